The van der Waals surface area contributed by atoms with Gasteiger partial charge in [0.2, 0.25) is 0 Å². The molecule has 76 valence electrons. The van der Waals surface area contributed by atoms with Gasteiger partial charge in [-0.1, -0.05) is 11.6 Å². The lowest BCUT2D eigenvalue weighted by atomic mass is 10.3. The van der Waals surface area contributed by atoms with Gasteiger partial charge in [-0.05, 0) is 11.5 Å². The molecule has 1 aromatic heterocycles. The molecular formula is C7H8ClN3O2S. The second-order valence-corrected chi connectivity index (χ2v) is 3.63. The molecule has 1 rings (SSSR count). The topological polar surface area (TPSA) is 89.2 Å². The number of nitriles is 1. The lowest BCUT2D eigenvalue weighted by Gasteiger charge is -2.12. The molecule has 0 bridgehead atoms. The summed E-state index contributed by atoms with van der Waals surface area (Å²) in [4.78, 5) is 0. The minimum atomic E-state index is -0.501. The van der Waals surface area contributed by atoms with Crippen LogP contribution in [0.3, 0.4) is 0 Å². The van der Waals surface area contributed by atoms with Gasteiger partial charge in [0.1, 0.15) is 16.6 Å². The highest BCUT2D eigenvalue weighted by molar-refractivity contribution is 7.10. The van der Waals surface area contributed by atoms with E-state index in [4.69, 9.17) is 27.1 Å². The van der Waals surface area contributed by atoms with Crippen LogP contribution in [0.4, 0.5) is 5.00 Å². The summed E-state index contributed by atoms with van der Waals surface area (Å²) in [7, 11) is 0. The third-order valence-electron chi connectivity index (χ3n) is 1.54. The first-order valence-corrected chi connectivity index (χ1v) is 4.91. The van der Waals surface area contributed by atoms with E-state index in [0.29, 0.717) is 5.00 Å². The number of hydrogen-bond donors (Lipinski definition) is 3. The maximum atomic E-state index is 8.80. The minimum Gasteiger partial charge on any atom is -0.394 e. The Kier molecular flexibility index (Phi) is 4.10. The highest BCUT2D eigenvalue weighted by Crippen LogP contribution is 2.27. The third-order valence-corrected chi connectivity index (χ3v) is 2.69. The summed E-state index contributed by atoms with van der Waals surface area (Å²) in [6.07, 6.45) is 0. The van der Waals surface area contributed by atoms with Crippen molar-refractivity contribution < 1.29 is 10.2 Å². The van der Waals surface area contributed by atoms with Crippen molar-refractivity contribution in [2.45, 2.75) is 6.04 Å². The molecule has 0 saturated carbocycles. The fraction of sp³-hybridized carbons (Fsp3) is 0.429. The van der Waals surface area contributed by atoms with Crippen molar-refractivity contribution in [2.24, 2.45) is 0 Å². The molecule has 5 nitrogen and oxygen atoms in total. The number of aromatic nitrogens is 1. The lowest BCUT2D eigenvalue weighted by Crippen LogP contribution is -2.27. The number of nitrogens with zero attached hydrogens (tertiary/aromatic N) is 2. The molecule has 14 heavy (non-hydrogen) atoms. The van der Waals surface area contributed by atoms with E-state index < -0.39 is 6.04 Å². The Labute approximate surface area is 89.7 Å². The van der Waals surface area contributed by atoms with Crippen molar-refractivity contribution in [2.75, 3.05) is 18.5 Å². The maximum Gasteiger partial charge on any atom is 0.162 e. The van der Waals surface area contributed by atoms with E-state index in [9.17, 15) is 0 Å². The van der Waals surface area contributed by atoms with Crippen molar-refractivity contribution in [3.63, 3.8) is 0 Å². The van der Waals surface area contributed by atoms with Crippen LogP contribution in [0.1, 0.15) is 5.56 Å². The second kappa shape index (κ2) is 5.12. The van der Waals surface area contributed by atoms with Crippen molar-refractivity contribution in [3.8, 4) is 6.07 Å². The molecule has 1 heterocycles. The van der Waals surface area contributed by atoms with E-state index in [0.717, 1.165) is 11.5 Å². The summed E-state index contributed by atoms with van der Waals surface area (Å²) in [5, 5.41) is 29.7. The molecule has 3 N–H and O–H groups in total. The Bertz CT molecular complexity index is 345. The molecule has 0 aliphatic carbocycles. The number of aliphatic hydroxyl groups is 2. The highest BCUT2D eigenvalue weighted by atomic mass is 35.5. The van der Waals surface area contributed by atoms with Crippen LogP contribution < -0.4 is 5.32 Å². The molecular weight excluding hydrogens is 226 g/mol. The first kappa shape index (κ1) is 11.2. The minimum absolute atomic E-state index is 0.134. The van der Waals surface area contributed by atoms with Crippen LogP contribution >= 0.6 is 23.1 Å². The molecule has 0 saturated heterocycles. The first-order valence-electron chi connectivity index (χ1n) is 3.76. The van der Waals surface area contributed by atoms with Gasteiger partial charge in [0.15, 0.2) is 5.15 Å². The van der Waals surface area contributed by atoms with Crippen LogP contribution in [0, 0.1) is 11.3 Å². The molecule has 0 unspecified atom stereocenters. The number of hydrogen-bond acceptors (Lipinski definition) is 6. The van der Waals surface area contributed by atoms with Crippen LogP contribution in [-0.4, -0.2) is 33.8 Å². The van der Waals surface area contributed by atoms with Gasteiger partial charge in [0, 0.05) is 0 Å². The highest BCUT2D eigenvalue weighted by Gasteiger charge is 2.14. The van der Waals surface area contributed by atoms with E-state index in [1.165, 1.54) is 0 Å². The zero-order valence-corrected chi connectivity index (χ0v) is 8.64. The molecule has 0 radical (unpaired) electrons. The van der Waals surface area contributed by atoms with E-state index in [1.807, 2.05) is 6.07 Å². The smallest absolute Gasteiger partial charge is 0.162 e. The van der Waals surface area contributed by atoms with Gasteiger partial charge < -0.3 is 15.5 Å². The molecule has 1 aromatic rings. The summed E-state index contributed by atoms with van der Waals surface area (Å²) >= 11 is 6.65. The average Bonchev–Trinajstić information content (AvgIpc) is 2.55. The lowest BCUT2D eigenvalue weighted by molar-refractivity contribution is 0.204. The third kappa shape index (κ3) is 2.33. The molecule has 0 aromatic carbocycles. The number of aliphatic hydroxyl groups excluding tert-OH is 2. The van der Waals surface area contributed by atoms with E-state index in [-0.39, 0.29) is 23.9 Å². The zero-order valence-electron chi connectivity index (χ0n) is 7.07. The molecule has 0 atom stereocenters. The Morgan fingerprint density at radius 2 is 2.21 bits per heavy atom. The molecule has 0 spiro atoms. The summed E-state index contributed by atoms with van der Waals surface area (Å²) < 4.78 is 3.77. The van der Waals surface area contributed by atoms with Crippen molar-refractivity contribution >= 4 is 28.1 Å². The fourth-order valence-corrected chi connectivity index (χ4v) is 1.81. The Hall–Kier alpha value is -0.870. The van der Waals surface area contributed by atoms with Gasteiger partial charge in [-0.25, -0.2) is 0 Å². The number of rotatable bonds is 4. The summed E-state index contributed by atoms with van der Waals surface area (Å²) in [6, 6.07) is 1.39. The molecule has 0 fully saturated rings. The molecule has 0 aliphatic heterocycles. The monoisotopic (exact) mass is 233 g/mol. The Balaban J connectivity index is 2.81. The number of nitrogens with one attached hydrogen (secondary N) is 1. The van der Waals surface area contributed by atoms with Gasteiger partial charge in [-0.3, -0.25) is 0 Å². The Morgan fingerprint density at radius 1 is 1.57 bits per heavy atom. The average molecular weight is 234 g/mol. The standard InChI is InChI=1S/C7H8ClN3O2S/c8-6-5(1-9)7(14-11-6)10-4(2-12)3-13/h4,10,12-13H,2-3H2. The van der Waals surface area contributed by atoms with Crippen molar-refractivity contribution in [3.05, 3.63) is 10.7 Å². The molecule has 0 aliphatic rings. The van der Waals surface area contributed by atoms with Crippen LogP contribution in [0.15, 0.2) is 0 Å². The van der Waals surface area contributed by atoms with Crippen LogP contribution in [0.5, 0.6) is 0 Å². The summed E-state index contributed by atoms with van der Waals surface area (Å²) in [6.45, 7) is -0.451. The molecule has 0 amide bonds. The van der Waals surface area contributed by atoms with Gasteiger partial charge in [-0.2, -0.15) is 9.64 Å². The van der Waals surface area contributed by atoms with Gasteiger partial charge in [0.25, 0.3) is 0 Å². The number of anilines is 1. The molecule has 7 heteroatoms. The van der Waals surface area contributed by atoms with Crippen LogP contribution in [0.25, 0.3) is 0 Å². The number of halogens is 1. The quantitative estimate of drug-likeness (QED) is 0.702. The predicted octanol–water partition coefficient (Wildman–Crippen LogP) is 0.433. The second-order valence-electron chi connectivity index (χ2n) is 2.50. The van der Waals surface area contributed by atoms with Crippen LogP contribution in [-0.2, 0) is 0 Å². The van der Waals surface area contributed by atoms with Gasteiger partial charge in [-0.15, -0.1) is 0 Å². The predicted molar refractivity (Wildman–Crippen MR) is 53.4 cm³/mol. The van der Waals surface area contributed by atoms with Gasteiger partial charge in [0.05, 0.1) is 19.3 Å². The van der Waals surface area contributed by atoms with Gasteiger partial charge >= 0.3 is 0 Å². The zero-order chi connectivity index (χ0) is 10.6. The van der Waals surface area contributed by atoms with Crippen molar-refractivity contribution in [1.29, 1.82) is 5.26 Å². The van der Waals surface area contributed by atoms with E-state index in [2.05, 4.69) is 9.69 Å². The SMILES string of the molecule is N#Cc1c(Cl)nsc1NC(CO)CO. The van der Waals surface area contributed by atoms with E-state index in [1.54, 1.807) is 0 Å². The summed E-state index contributed by atoms with van der Waals surface area (Å²) in [5.74, 6) is 0. The van der Waals surface area contributed by atoms with Crippen molar-refractivity contribution in [1.82, 2.24) is 4.37 Å². The van der Waals surface area contributed by atoms with Crippen LogP contribution in [0.2, 0.25) is 5.15 Å². The first-order chi connectivity index (χ1) is 6.72. The maximum absolute atomic E-state index is 8.80. The fourth-order valence-electron chi connectivity index (χ4n) is 0.801. The normalized spacial score (nSPS) is 10.2. The Morgan fingerprint density at radius 3 is 2.71 bits per heavy atom. The van der Waals surface area contributed by atoms with E-state index >= 15 is 0 Å². The summed E-state index contributed by atoms with van der Waals surface area (Å²) in [5.41, 5.74) is 0.239. The largest absolute Gasteiger partial charge is 0.394 e.